The molecule has 1 saturated carbocycles. The monoisotopic (exact) mass is 208 g/mol. The maximum atomic E-state index is 2.36. The van der Waals surface area contributed by atoms with Crippen molar-refractivity contribution in [3.63, 3.8) is 0 Å². The zero-order valence-corrected chi connectivity index (χ0v) is 5.98. The second kappa shape index (κ2) is 18.7. The average molecular weight is 208 g/mol. The van der Waals surface area contributed by atoms with Gasteiger partial charge in [0, 0.05) is 0 Å². The first kappa shape index (κ1) is 37.0. The van der Waals surface area contributed by atoms with E-state index in [1.807, 2.05) is 0 Å². The molecule has 0 bridgehead atoms. The summed E-state index contributed by atoms with van der Waals surface area (Å²) in [5.74, 6) is 2.12. The van der Waals surface area contributed by atoms with E-state index in [0.29, 0.717) is 0 Å². The van der Waals surface area contributed by atoms with Gasteiger partial charge >= 0.3 is 0 Å². The van der Waals surface area contributed by atoms with E-state index >= 15 is 0 Å². The van der Waals surface area contributed by atoms with Crippen LogP contribution >= 0.6 is 0 Å². The topological polar surface area (TPSA) is 0 Å². The Balaban J connectivity index is -0.0000000267. The molecule has 0 spiro atoms. The summed E-state index contributed by atoms with van der Waals surface area (Å²) in [5, 5.41) is 0. The van der Waals surface area contributed by atoms with Crippen molar-refractivity contribution in [3.8, 4) is 0 Å². The molecule has 0 nitrogen and oxygen atoms in total. The van der Waals surface area contributed by atoms with E-state index in [1.54, 1.807) is 0 Å². The second-order valence-corrected chi connectivity index (χ2v) is 3.19. The molecule has 1 atom stereocenters. The molecule has 96 valence electrons. The van der Waals surface area contributed by atoms with Crippen molar-refractivity contribution in [2.75, 3.05) is 0 Å². The zero-order valence-electron chi connectivity index (χ0n) is 5.98. The zero-order chi connectivity index (χ0) is 5.98. The normalized spacial score (nSPS) is 13.3. The third-order valence-electron chi connectivity index (χ3n) is 2.13. The number of rotatable bonds is 3. The van der Waals surface area contributed by atoms with Crippen LogP contribution in [0.1, 0.15) is 84.1 Å². The van der Waals surface area contributed by atoms with Crippen LogP contribution in [0.5, 0.6) is 0 Å². The molecule has 0 heteroatoms. The van der Waals surface area contributed by atoms with Gasteiger partial charge in [0.1, 0.15) is 0 Å². The van der Waals surface area contributed by atoms with Crippen LogP contribution in [0, 0.1) is 11.8 Å². The predicted octanol–water partition coefficient (Wildman–Crippen LogP) is 6.65. The van der Waals surface area contributed by atoms with Crippen molar-refractivity contribution in [2.45, 2.75) is 84.1 Å². The first-order valence-electron chi connectivity index (χ1n) is 3.83. The van der Waals surface area contributed by atoms with E-state index in [-0.39, 0.29) is 44.6 Å². The molecule has 1 aliphatic carbocycles. The van der Waals surface area contributed by atoms with Crippen molar-refractivity contribution in [2.24, 2.45) is 11.8 Å². The van der Waals surface area contributed by atoms with Gasteiger partial charge in [-0.15, -0.1) is 0 Å². The SMILES string of the molecule is C.C.C.C.C.C.CCC(C)CC1CC1. The maximum Gasteiger partial charge on any atom is -0.0412 e. The van der Waals surface area contributed by atoms with Gasteiger partial charge in [-0.05, 0) is 18.3 Å². The van der Waals surface area contributed by atoms with Crippen molar-refractivity contribution in [1.29, 1.82) is 0 Å². The summed E-state index contributed by atoms with van der Waals surface area (Å²) in [4.78, 5) is 0. The van der Waals surface area contributed by atoms with Gasteiger partial charge in [-0.2, -0.15) is 0 Å². The Bertz CT molecular complexity index is 62.4. The van der Waals surface area contributed by atoms with Crippen molar-refractivity contribution in [1.82, 2.24) is 0 Å². The van der Waals surface area contributed by atoms with Gasteiger partial charge in [-0.1, -0.05) is 77.7 Å². The summed E-state index contributed by atoms with van der Waals surface area (Å²) >= 11 is 0. The fourth-order valence-corrected chi connectivity index (χ4v) is 1.09. The molecule has 1 aliphatic rings. The average Bonchev–Trinajstić information content (AvgIpc) is 2.50. The lowest BCUT2D eigenvalue weighted by atomic mass is 10.0. The largest absolute Gasteiger partial charge is 0.0776 e. The summed E-state index contributed by atoms with van der Waals surface area (Å²) in [6, 6.07) is 0. The smallest absolute Gasteiger partial charge is 0.0412 e. The van der Waals surface area contributed by atoms with Crippen molar-refractivity contribution >= 4 is 0 Å². The summed E-state index contributed by atoms with van der Waals surface area (Å²) in [6.45, 7) is 4.64. The molecule has 0 aromatic heterocycles. The minimum atomic E-state index is 0. The molecule has 0 aliphatic heterocycles. The summed E-state index contributed by atoms with van der Waals surface area (Å²) < 4.78 is 0. The molecule has 1 rings (SSSR count). The lowest BCUT2D eigenvalue weighted by molar-refractivity contribution is 0.482. The van der Waals surface area contributed by atoms with E-state index in [1.165, 1.54) is 25.7 Å². The molecule has 0 aromatic carbocycles. The first-order valence-corrected chi connectivity index (χ1v) is 3.83. The molecule has 0 amide bonds. The highest BCUT2D eigenvalue weighted by Gasteiger charge is 2.22. The van der Waals surface area contributed by atoms with E-state index in [2.05, 4.69) is 13.8 Å². The number of hydrogen-bond acceptors (Lipinski definition) is 0. The Morgan fingerprint density at radius 3 is 1.50 bits per heavy atom. The van der Waals surface area contributed by atoms with Gasteiger partial charge in [-0.3, -0.25) is 0 Å². The van der Waals surface area contributed by atoms with Crippen LogP contribution < -0.4 is 0 Å². The van der Waals surface area contributed by atoms with Crippen LogP contribution in [-0.4, -0.2) is 0 Å². The Hall–Kier alpha value is 0. The standard InChI is InChI=1S/C8H16.6CH4/c1-3-7(2)6-8-4-5-8;;;;;;/h7-8H,3-6H2,1-2H3;6*1H4. The molecular formula is C14H40. The summed E-state index contributed by atoms with van der Waals surface area (Å²) in [5.41, 5.74) is 0. The van der Waals surface area contributed by atoms with Crippen LogP contribution in [0.3, 0.4) is 0 Å². The fourth-order valence-electron chi connectivity index (χ4n) is 1.09. The minimum absolute atomic E-state index is 0. The Labute approximate surface area is 96.5 Å². The third-order valence-corrected chi connectivity index (χ3v) is 2.13. The minimum Gasteiger partial charge on any atom is -0.0776 e. The molecule has 14 heavy (non-hydrogen) atoms. The summed E-state index contributed by atoms with van der Waals surface area (Å²) in [6.07, 6.45) is 5.90. The van der Waals surface area contributed by atoms with E-state index in [9.17, 15) is 0 Å². The lowest BCUT2D eigenvalue weighted by Crippen LogP contribution is -1.91. The van der Waals surface area contributed by atoms with Gasteiger partial charge < -0.3 is 0 Å². The van der Waals surface area contributed by atoms with Crippen LogP contribution in [0.2, 0.25) is 0 Å². The van der Waals surface area contributed by atoms with E-state index in [0.717, 1.165) is 11.8 Å². The van der Waals surface area contributed by atoms with Gasteiger partial charge in [0.25, 0.3) is 0 Å². The molecule has 1 unspecified atom stereocenters. The van der Waals surface area contributed by atoms with Crippen molar-refractivity contribution in [3.05, 3.63) is 0 Å². The molecule has 0 heterocycles. The van der Waals surface area contributed by atoms with Gasteiger partial charge in [0.15, 0.2) is 0 Å². The van der Waals surface area contributed by atoms with Gasteiger partial charge in [-0.25, -0.2) is 0 Å². The highest BCUT2D eigenvalue weighted by molar-refractivity contribution is 4.74. The van der Waals surface area contributed by atoms with E-state index in [4.69, 9.17) is 0 Å². The van der Waals surface area contributed by atoms with Crippen LogP contribution in [0.4, 0.5) is 0 Å². The van der Waals surface area contributed by atoms with Crippen LogP contribution in [-0.2, 0) is 0 Å². The Kier molecular flexibility index (Phi) is 49.4. The molecular weight excluding hydrogens is 168 g/mol. The molecule has 0 aromatic rings. The fraction of sp³-hybridized carbons (Fsp3) is 1.00. The molecule has 0 radical (unpaired) electrons. The number of hydrogen-bond donors (Lipinski definition) is 0. The molecule has 0 N–H and O–H groups in total. The molecule has 0 saturated heterocycles. The Morgan fingerprint density at radius 1 is 0.929 bits per heavy atom. The quantitative estimate of drug-likeness (QED) is 0.487. The maximum absolute atomic E-state index is 2.36. The van der Waals surface area contributed by atoms with Crippen LogP contribution in [0.15, 0.2) is 0 Å². The van der Waals surface area contributed by atoms with Crippen molar-refractivity contribution < 1.29 is 0 Å². The van der Waals surface area contributed by atoms with Gasteiger partial charge in [0.2, 0.25) is 0 Å². The summed E-state index contributed by atoms with van der Waals surface area (Å²) in [7, 11) is 0. The predicted molar refractivity (Wildman–Crippen MR) is 77.2 cm³/mol. The first-order chi connectivity index (χ1) is 3.83. The van der Waals surface area contributed by atoms with Crippen LogP contribution in [0.25, 0.3) is 0 Å². The van der Waals surface area contributed by atoms with E-state index < -0.39 is 0 Å². The van der Waals surface area contributed by atoms with Gasteiger partial charge in [0.05, 0.1) is 0 Å². The Morgan fingerprint density at radius 2 is 1.29 bits per heavy atom. The third kappa shape index (κ3) is 17.9. The lowest BCUT2D eigenvalue weighted by Gasteiger charge is -2.04. The highest BCUT2D eigenvalue weighted by atomic mass is 14.3. The second-order valence-electron chi connectivity index (χ2n) is 3.19. The molecule has 1 fully saturated rings. The highest BCUT2D eigenvalue weighted by Crippen LogP contribution is 2.35.